The van der Waals surface area contributed by atoms with Crippen LogP contribution < -0.4 is 9.47 Å². The van der Waals surface area contributed by atoms with Crippen LogP contribution in [-0.4, -0.2) is 18.3 Å². The quantitative estimate of drug-likeness (QED) is 0.558. The molecule has 0 saturated heterocycles. The summed E-state index contributed by atoms with van der Waals surface area (Å²) in [6, 6.07) is 5.60. The molecule has 1 aliphatic rings. The Morgan fingerprint density at radius 3 is 2.62 bits per heavy atom. The average Bonchev–Trinajstić information content (AvgIpc) is 3.17. The lowest BCUT2D eigenvalue weighted by atomic mass is 9.96. The lowest BCUT2D eigenvalue weighted by molar-refractivity contribution is 0.175. The van der Waals surface area contributed by atoms with Crippen molar-refractivity contribution in [2.75, 3.05) is 7.11 Å². The fraction of sp³-hybridized carbons (Fsp3) is 0.455. The zero-order chi connectivity index (χ0) is 19.1. The molecule has 0 amide bonds. The van der Waals surface area contributed by atoms with Gasteiger partial charge in [-0.05, 0) is 62.8 Å². The summed E-state index contributed by atoms with van der Waals surface area (Å²) < 4.78 is 11.6. The summed E-state index contributed by atoms with van der Waals surface area (Å²) in [5.74, 6) is 1.39. The largest absolute Gasteiger partial charge is 0.493 e. The number of halogens is 1. The van der Waals surface area contributed by atoms with E-state index in [1.54, 1.807) is 13.2 Å². The molecule has 0 aliphatic heterocycles. The molecule has 0 radical (unpaired) electrons. The highest BCUT2D eigenvalue weighted by molar-refractivity contribution is 6.31. The third kappa shape index (κ3) is 5.15. The summed E-state index contributed by atoms with van der Waals surface area (Å²) in [6.45, 7) is 7.67. The molecule has 0 bridgehead atoms. The van der Waals surface area contributed by atoms with Crippen molar-refractivity contribution in [2.24, 2.45) is 0 Å². The third-order valence-corrected chi connectivity index (χ3v) is 5.32. The van der Waals surface area contributed by atoms with Gasteiger partial charge in [-0.15, -0.1) is 0 Å². The van der Waals surface area contributed by atoms with Gasteiger partial charge in [-0.1, -0.05) is 42.0 Å². The number of aliphatic hydroxyl groups excluding tert-OH is 1. The zero-order valence-electron chi connectivity index (χ0n) is 15.9. The number of ether oxygens (including phenoxy) is 2. The minimum atomic E-state index is -0.689. The number of allylic oxidation sites excluding steroid dienone is 4. The lowest BCUT2D eigenvalue weighted by Gasteiger charge is -2.20. The van der Waals surface area contributed by atoms with E-state index < -0.39 is 6.10 Å². The summed E-state index contributed by atoms with van der Waals surface area (Å²) >= 11 is 6.29. The first-order valence-electron chi connectivity index (χ1n) is 9.17. The Hall–Kier alpha value is -1.71. The Morgan fingerprint density at radius 1 is 1.35 bits per heavy atom. The van der Waals surface area contributed by atoms with Crippen molar-refractivity contribution < 1.29 is 14.6 Å². The van der Waals surface area contributed by atoms with Gasteiger partial charge in [0.1, 0.15) is 0 Å². The van der Waals surface area contributed by atoms with Gasteiger partial charge in [0.05, 0.1) is 19.3 Å². The highest BCUT2D eigenvalue weighted by Gasteiger charge is 2.20. The summed E-state index contributed by atoms with van der Waals surface area (Å²) in [5, 5.41) is 11.3. The molecule has 1 unspecified atom stereocenters. The van der Waals surface area contributed by atoms with Crippen LogP contribution >= 0.6 is 11.6 Å². The second-order valence-corrected chi connectivity index (χ2v) is 7.06. The second-order valence-electron chi connectivity index (χ2n) is 6.66. The van der Waals surface area contributed by atoms with E-state index in [9.17, 15) is 5.11 Å². The number of methoxy groups -OCH3 is 1. The number of rotatable bonds is 8. The topological polar surface area (TPSA) is 38.7 Å². The summed E-state index contributed by atoms with van der Waals surface area (Å²) in [5.41, 5.74) is 2.71. The maximum absolute atomic E-state index is 10.8. The zero-order valence-corrected chi connectivity index (χ0v) is 16.7. The van der Waals surface area contributed by atoms with Crippen LogP contribution in [0, 0.1) is 0 Å². The lowest BCUT2D eigenvalue weighted by Crippen LogP contribution is -2.12. The van der Waals surface area contributed by atoms with Gasteiger partial charge in [0.15, 0.2) is 11.5 Å². The Labute approximate surface area is 162 Å². The SMILES string of the molecule is C=C/C(Cl)=C(CC(O)c1ccc(OC)c(OC2CCCC2)c1)\C(C)=C/C. The van der Waals surface area contributed by atoms with Crippen molar-refractivity contribution in [2.45, 2.75) is 58.2 Å². The van der Waals surface area contributed by atoms with Crippen LogP contribution in [0.5, 0.6) is 11.5 Å². The summed E-state index contributed by atoms with van der Waals surface area (Å²) in [7, 11) is 1.63. The van der Waals surface area contributed by atoms with Crippen LogP contribution in [-0.2, 0) is 0 Å². The van der Waals surface area contributed by atoms with Crippen molar-refractivity contribution >= 4 is 11.6 Å². The third-order valence-electron chi connectivity index (χ3n) is 4.94. The first-order valence-corrected chi connectivity index (χ1v) is 9.55. The molecule has 1 saturated carbocycles. The maximum atomic E-state index is 10.8. The normalized spacial score (nSPS) is 17.7. The highest BCUT2D eigenvalue weighted by atomic mass is 35.5. The van der Waals surface area contributed by atoms with Crippen molar-refractivity contribution in [3.8, 4) is 11.5 Å². The fourth-order valence-corrected chi connectivity index (χ4v) is 3.46. The van der Waals surface area contributed by atoms with E-state index in [4.69, 9.17) is 21.1 Å². The molecular weight excluding hydrogens is 348 g/mol. The summed E-state index contributed by atoms with van der Waals surface area (Å²) in [4.78, 5) is 0. The van der Waals surface area contributed by atoms with Crippen LogP contribution in [0.15, 0.2) is 53.1 Å². The van der Waals surface area contributed by atoms with E-state index in [-0.39, 0.29) is 6.10 Å². The Kier molecular flexibility index (Phi) is 7.80. The van der Waals surface area contributed by atoms with E-state index in [1.807, 2.05) is 38.1 Å². The second kappa shape index (κ2) is 9.84. The van der Waals surface area contributed by atoms with E-state index in [0.29, 0.717) is 23.0 Å². The minimum Gasteiger partial charge on any atom is -0.493 e. The van der Waals surface area contributed by atoms with Gasteiger partial charge in [0.2, 0.25) is 0 Å². The van der Waals surface area contributed by atoms with Crippen LogP contribution in [0.3, 0.4) is 0 Å². The van der Waals surface area contributed by atoms with Crippen molar-refractivity contribution in [1.29, 1.82) is 0 Å². The number of benzene rings is 1. The molecule has 1 atom stereocenters. The molecule has 0 aromatic heterocycles. The molecular formula is C22H29ClO3. The van der Waals surface area contributed by atoms with Gasteiger partial charge in [-0.25, -0.2) is 0 Å². The van der Waals surface area contributed by atoms with Gasteiger partial charge in [-0.2, -0.15) is 0 Å². The van der Waals surface area contributed by atoms with E-state index in [1.165, 1.54) is 12.8 Å². The van der Waals surface area contributed by atoms with Crippen LogP contribution in [0.25, 0.3) is 0 Å². The fourth-order valence-electron chi connectivity index (χ4n) is 3.23. The van der Waals surface area contributed by atoms with Gasteiger partial charge in [0.25, 0.3) is 0 Å². The Morgan fingerprint density at radius 2 is 2.04 bits per heavy atom. The highest BCUT2D eigenvalue weighted by Crippen LogP contribution is 2.36. The smallest absolute Gasteiger partial charge is 0.161 e. The monoisotopic (exact) mass is 376 g/mol. The van der Waals surface area contributed by atoms with Crippen LogP contribution in [0.4, 0.5) is 0 Å². The Balaban J connectivity index is 2.24. The molecule has 4 heteroatoms. The molecule has 1 aliphatic carbocycles. The van der Waals surface area contributed by atoms with Gasteiger partial charge < -0.3 is 14.6 Å². The average molecular weight is 377 g/mol. The van der Waals surface area contributed by atoms with E-state index >= 15 is 0 Å². The van der Waals surface area contributed by atoms with Gasteiger partial charge in [-0.3, -0.25) is 0 Å². The van der Waals surface area contributed by atoms with Gasteiger partial charge >= 0.3 is 0 Å². The number of aliphatic hydroxyl groups is 1. The number of hydrogen-bond donors (Lipinski definition) is 1. The first-order chi connectivity index (χ1) is 12.5. The first kappa shape index (κ1) is 20.6. The molecule has 142 valence electrons. The molecule has 1 fully saturated rings. The predicted molar refractivity (Wildman–Crippen MR) is 108 cm³/mol. The van der Waals surface area contributed by atoms with E-state index in [0.717, 1.165) is 29.6 Å². The van der Waals surface area contributed by atoms with Crippen LogP contribution in [0.1, 0.15) is 57.6 Å². The van der Waals surface area contributed by atoms with Crippen molar-refractivity contribution in [3.63, 3.8) is 0 Å². The molecule has 1 N–H and O–H groups in total. The van der Waals surface area contributed by atoms with Crippen molar-refractivity contribution in [1.82, 2.24) is 0 Å². The standard InChI is InChI=1S/C22H29ClO3/c1-5-15(3)18(19(23)6-2)14-20(24)16-11-12-21(25-4)22(13-16)26-17-9-7-8-10-17/h5-6,11-13,17,20,24H,2,7-10,14H2,1,3-4H3/b15-5-,19-18+. The molecule has 2 rings (SSSR count). The van der Waals surface area contributed by atoms with E-state index in [2.05, 4.69) is 6.58 Å². The summed E-state index contributed by atoms with van der Waals surface area (Å²) in [6.07, 6.45) is 8.08. The molecule has 26 heavy (non-hydrogen) atoms. The molecule has 1 aromatic carbocycles. The minimum absolute atomic E-state index is 0.229. The molecule has 0 spiro atoms. The molecule has 1 aromatic rings. The molecule has 3 nitrogen and oxygen atoms in total. The van der Waals surface area contributed by atoms with Crippen molar-refractivity contribution in [3.05, 3.63) is 58.7 Å². The molecule has 0 heterocycles. The maximum Gasteiger partial charge on any atom is 0.161 e. The van der Waals surface area contributed by atoms with Gasteiger partial charge in [0, 0.05) is 11.5 Å². The number of hydrogen-bond acceptors (Lipinski definition) is 3. The Bertz CT molecular complexity index is 685. The van der Waals surface area contributed by atoms with Crippen LogP contribution in [0.2, 0.25) is 0 Å². The predicted octanol–water partition coefficient (Wildman–Crippen LogP) is 6.09.